The molecule has 0 N–H and O–H groups in total. The van der Waals surface area contributed by atoms with Crippen molar-refractivity contribution in [3.8, 4) is 11.1 Å². The van der Waals surface area contributed by atoms with E-state index < -0.39 is 0 Å². The Morgan fingerprint density at radius 3 is 2.12 bits per heavy atom. The summed E-state index contributed by atoms with van der Waals surface area (Å²) in [5.74, 6) is 0. The summed E-state index contributed by atoms with van der Waals surface area (Å²) in [5.41, 5.74) is 5.24. The topological polar surface area (TPSA) is 17.1 Å². The molecule has 0 heterocycles. The fourth-order valence-electron chi connectivity index (χ4n) is 1.76. The van der Waals surface area contributed by atoms with E-state index in [-0.39, 0.29) is 0 Å². The van der Waals surface area contributed by atoms with Crippen LogP contribution < -0.4 is 0 Å². The molecule has 16 heavy (non-hydrogen) atoms. The number of aryl methyl sites for hydroxylation is 2. The summed E-state index contributed by atoms with van der Waals surface area (Å²) >= 11 is 0. The van der Waals surface area contributed by atoms with Crippen LogP contribution in [0, 0.1) is 13.8 Å². The number of aldehydes is 1. The van der Waals surface area contributed by atoms with Gasteiger partial charge in [-0.2, -0.15) is 0 Å². The molecule has 0 aliphatic rings. The van der Waals surface area contributed by atoms with Crippen molar-refractivity contribution in [1.82, 2.24) is 0 Å². The summed E-state index contributed by atoms with van der Waals surface area (Å²) < 4.78 is 0. The molecule has 80 valence electrons. The van der Waals surface area contributed by atoms with Gasteiger partial charge in [0.1, 0.15) is 0 Å². The van der Waals surface area contributed by atoms with Crippen LogP contribution in [0.1, 0.15) is 21.5 Å². The van der Waals surface area contributed by atoms with Gasteiger partial charge in [0.2, 0.25) is 0 Å². The molecule has 0 saturated carbocycles. The van der Waals surface area contributed by atoms with Crippen LogP contribution in [0.4, 0.5) is 0 Å². The first-order valence-corrected chi connectivity index (χ1v) is 5.33. The smallest absolute Gasteiger partial charge is 0.150 e. The van der Waals surface area contributed by atoms with Crippen LogP contribution in [0.2, 0.25) is 0 Å². The maximum atomic E-state index is 11.0. The summed E-state index contributed by atoms with van der Waals surface area (Å²) in [5, 5.41) is 0. The lowest BCUT2D eigenvalue weighted by Gasteiger charge is -2.06. The summed E-state index contributed by atoms with van der Waals surface area (Å²) in [6.45, 7) is 4.09. The van der Waals surface area contributed by atoms with Gasteiger partial charge in [0.25, 0.3) is 0 Å². The molecule has 0 fully saturated rings. The molecule has 2 rings (SSSR count). The maximum absolute atomic E-state index is 11.0. The zero-order chi connectivity index (χ0) is 11.5. The molecule has 0 aliphatic heterocycles. The Bertz CT molecular complexity index is 509. The van der Waals surface area contributed by atoms with Gasteiger partial charge in [-0.05, 0) is 25.0 Å². The number of hydrogen-bond donors (Lipinski definition) is 0. The third-order valence-corrected chi connectivity index (χ3v) is 2.70. The van der Waals surface area contributed by atoms with E-state index in [1.54, 1.807) is 0 Å². The van der Waals surface area contributed by atoms with Gasteiger partial charge >= 0.3 is 0 Å². The van der Waals surface area contributed by atoms with E-state index in [0.29, 0.717) is 0 Å². The Kier molecular flexibility index (Phi) is 2.86. The monoisotopic (exact) mass is 210 g/mol. The molecular formula is C15H14O. The van der Waals surface area contributed by atoms with E-state index in [1.807, 2.05) is 19.1 Å². The highest BCUT2D eigenvalue weighted by Crippen LogP contribution is 2.24. The highest BCUT2D eigenvalue weighted by molar-refractivity contribution is 5.87. The summed E-state index contributed by atoms with van der Waals surface area (Å²) in [6.07, 6.45) is 0.911. The normalized spacial score (nSPS) is 10.1. The van der Waals surface area contributed by atoms with Gasteiger partial charge in [-0.3, -0.25) is 4.79 Å². The van der Waals surface area contributed by atoms with Crippen LogP contribution in [0.3, 0.4) is 0 Å². The standard InChI is InChI=1S/C15H14O/c1-11-3-6-13(7-4-11)15-9-12(2)5-8-14(15)10-16/h3-10H,1-2H3. The first kappa shape index (κ1) is 10.6. The maximum Gasteiger partial charge on any atom is 0.150 e. The molecule has 0 bridgehead atoms. The molecule has 0 aliphatic carbocycles. The third-order valence-electron chi connectivity index (χ3n) is 2.70. The van der Waals surface area contributed by atoms with Crippen LogP contribution in [0.5, 0.6) is 0 Å². The quantitative estimate of drug-likeness (QED) is 0.689. The Morgan fingerprint density at radius 2 is 1.50 bits per heavy atom. The SMILES string of the molecule is Cc1ccc(-c2cc(C)ccc2C=O)cc1. The second-order valence-electron chi connectivity index (χ2n) is 4.07. The molecule has 0 atom stereocenters. The molecule has 0 saturated heterocycles. The molecule has 0 unspecified atom stereocenters. The van der Waals surface area contributed by atoms with E-state index in [2.05, 4.69) is 37.3 Å². The second kappa shape index (κ2) is 4.31. The van der Waals surface area contributed by atoms with Crippen LogP contribution >= 0.6 is 0 Å². The minimum absolute atomic E-state index is 0.745. The highest BCUT2D eigenvalue weighted by atomic mass is 16.1. The predicted molar refractivity (Wildman–Crippen MR) is 66.7 cm³/mol. The lowest BCUT2D eigenvalue weighted by Crippen LogP contribution is -1.88. The van der Waals surface area contributed by atoms with Gasteiger partial charge in [0.05, 0.1) is 0 Å². The summed E-state index contributed by atoms with van der Waals surface area (Å²) in [4.78, 5) is 11.0. The van der Waals surface area contributed by atoms with Crippen molar-refractivity contribution < 1.29 is 4.79 Å². The molecule has 1 heteroatoms. The van der Waals surface area contributed by atoms with E-state index in [4.69, 9.17) is 0 Å². The lowest BCUT2D eigenvalue weighted by atomic mass is 9.97. The first-order valence-electron chi connectivity index (χ1n) is 5.33. The zero-order valence-electron chi connectivity index (χ0n) is 9.53. The minimum atomic E-state index is 0.745. The second-order valence-corrected chi connectivity index (χ2v) is 4.07. The van der Waals surface area contributed by atoms with Gasteiger partial charge in [-0.1, -0.05) is 53.6 Å². The molecule has 0 radical (unpaired) electrons. The van der Waals surface area contributed by atoms with Crippen LogP contribution in [-0.2, 0) is 0 Å². The molecule has 0 aromatic heterocycles. The first-order chi connectivity index (χ1) is 7.70. The number of benzene rings is 2. The van der Waals surface area contributed by atoms with Gasteiger partial charge in [-0.25, -0.2) is 0 Å². The fourth-order valence-corrected chi connectivity index (χ4v) is 1.76. The lowest BCUT2D eigenvalue weighted by molar-refractivity contribution is 0.112. The number of carbonyl (C=O) groups excluding carboxylic acids is 1. The van der Waals surface area contributed by atoms with Crippen molar-refractivity contribution >= 4 is 6.29 Å². The molecule has 2 aromatic carbocycles. The highest BCUT2D eigenvalue weighted by Gasteiger charge is 2.04. The molecule has 0 spiro atoms. The van der Waals surface area contributed by atoms with Crippen molar-refractivity contribution in [3.63, 3.8) is 0 Å². The Hall–Kier alpha value is -1.89. The molecule has 2 aromatic rings. The van der Waals surface area contributed by atoms with E-state index in [9.17, 15) is 4.79 Å². The molecule has 1 nitrogen and oxygen atoms in total. The Morgan fingerprint density at radius 1 is 0.875 bits per heavy atom. The predicted octanol–water partition coefficient (Wildman–Crippen LogP) is 3.78. The average molecular weight is 210 g/mol. The van der Waals surface area contributed by atoms with Crippen LogP contribution in [0.15, 0.2) is 42.5 Å². The number of hydrogen-bond acceptors (Lipinski definition) is 1. The van der Waals surface area contributed by atoms with Crippen molar-refractivity contribution in [2.45, 2.75) is 13.8 Å². The molecule has 0 amide bonds. The van der Waals surface area contributed by atoms with Crippen LogP contribution in [0.25, 0.3) is 11.1 Å². The Balaban J connectivity index is 2.57. The summed E-state index contributed by atoms with van der Waals surface area (Å²) in [7, 11) is 0. The van der Waals surface area contributed by atoms with Gasteiger partial charge in [0.15, 0.2) is 6.29 Å². The van der Waals surface area contributed by atoms with Crippen LogP contribution in [-0.4, -0.2) is 6.29 Å². The average Bonchev–Trinajstić information content (AvgIpc) is 2.30. The van der Waals surface area contributed by atoms with Crippen molar-refractivity contribution in [2.75, 3.05) is 0 Å². The van der Waals surface area contributed by atoms with Crippen molar-refractivity contribution in [3.05, 3.63) is 59.2 Å². The van der Waals surface area contributed by atoms with Gasteiger partial charge in [0, 0.05) is 5.56 Å². The van der Waals surface area contributed by atoms with Crippen molar-refractivity contribution in [1.29, 1.82) is 0 Å². The van der Waals surface area contributed by atoms with Crippen molar-refractivity contribution in [2.24, 2.45) is 0 Å². The minimum Gasteiger partial charge on any atom is -0.298 e. The number of rotatable bonds is 2. The third kappa shape index (κ3) is 2.03. The number of carbonyl (C=O) groups is 1. The summed E-state index contributed by atoms with van der Waals surface area (Å²) in [6, 6.07) is 14.1. The largest absolute Gasteiger partial charge is 0.298 e. The molecular weight excluding hydrogens is 196 g/mol. The fraction of sp³-hybridized carbons (Fsp3) is 0.133. The van der Waals surface area contributed by atoms with Gasteiger partial charge in [-0.15, -0.1) is 0 Å². The van der Waals surface area contributed by atoms with E-state index in [0.717, 1.165) is 23.0 Å². The zero-order valence-corrected chi connectivity index (χ0v) is 9.53. The van der Waals surface area contributed by atoms with E-state index >= 15 is 0 Å². The van der Waals surface area contributed by atoms with E-state index in [1.165, 1.54) is 11.1 Å². The van der Waals surface area contributed by atoms with Gasteiger partial charge < -0.3 is 0 Å². The Labute approximate surface area is 95.7 Å².